The first-order valence-corrected chi connectivity index (χ1v) is 6.50. The number of benzene rings is 1. The molecule has 110 valence electrons. The van der Waals surface area contributed by atoms with E-state index in [2.05, 4.69) is 5.32 Å². The average Bonchev–Trinajstić information content (AvgIpc) is 2.64. The Morgan fingerprint density at radius 3 is 2.70 bits per heavy atom. The van der Waals surface area contributed by atoms with Crippen molar-refractivity contribution in [3.8, 4) is 0 Å². The van der Waals surface area contributed by atoms with Crippen LogP contribution in [0.15, 0.2) is 24.3 Å². The van der Waals surface area contributed by atoms with Crippen molar-refractivity contribution >= 4 is 5.91 Å². The Hall–Kier alpha value is -1.56. The maximum Gasteiger partial charge on any atom is 0.255 e. The summed E-state index contributed by atoms with van der Waals surface area (Å²) in [6.45, 7) is 2.81. The number of hydrogen-bond donors (Lipinski definition) is 1. The largest absolute Gasteiger partial charge is 0.316 e. The van der Waals surface area contributed by atoms with Crippen LogP contribution < -0.4 is 5.32 Å². The molecule has 20 heavy (non-hydrogen) atoms. The molecule has 6 heteroatoms. The summed E-state index contributed by atoms with van der Waals surface area (Å²) in [5.41, 5.74) is -0.428. The number of amides is 1. The standard InChI is InChI=1S/C14H17F3N2O/c1-3-14(2)13(20)19(8-11(16)17)12(18-14)9-5-4-6-10(15)7-9/h4-7,11-12,18H,3,8H2,1-2H3. The van der Waals surface area contributed by atoms with Crippen molar-refractivity contribution in [2.75, 3.05) is 6.54 Å². The van der Waals surface area contributed by atoms with E-state index >= 15 is 0 Å². The van der Waals surface area contributed by atoms with E-state index in [-0.39, 0.29) is 5.91 Å². The smallest absolute Gasteiger partial charge is 0.255 e. The molecule has 2 unspecified atom stereocenters. The molecule has 1 aromatic rings. The quantitative estimate of drug-likeness (QED) is 0.923. The maximum absolute atomic E-state index is 13.3. The third-order valence-electron chi connectivity index (χ3n) is 3.71. The maximum atomic E-state index is 13.3. The van der Waals surface area contributed by atoms with E-state index in [1.54, 1.807) is 19.9 Å². The van der Waals surface area contributed by atoms with Crippen molar-refractivity contribution < 1.29 is 18.0 Å². The van der Waals surface area contributed by atoms with Gasteiger partial charge in [0.15, 0.2) is 0 Å². The van der Waals surface area contributed by atoms with Gasteiger partial charge in [0.05, 0.1) is 12.1 Å². The molecule has 0 bridgehead atoms. The molecular formula is C14H17F3N2O. The Labute approximate surface area is 115 Å². The summed E-state index contributed by atoms with van der Waals surface area (Å²) >= 11 is 0. The number of nitrogens with zero attached hydrogens (tertiary/aromatic N) is 1. The van der Waals surface area contributed by atoms with Gasteiger partial charge in [-0.2, -0.15) is 0 Å². The lowest BCUT2D eigenvalue weighted by Crippen LogP contribution is -2.43. The summed E-state index contributed by atoms with van der Waals surface area (Å²) in [5.74, 6) is -0.839. The number of carbonyl (C=O) groups excluding carboxylic acids is 1. The average molecular weight is 286 g/mol. The highest BCUT2D eigenvalue weighted by atomic mass is 19.3. The number of halogens is 3. The minimum absolute atomic E-state index is 0.380. The van der Waals surface area contributed by atoms with Gasteiger partial charge in [0.2, 0.25) is 5.91 Å². The van der Waals surface area contributed by atoms with Crippen LogP contribution in [-0.4, -0.2) is 29.3 Å². The summed E-state index contributed by atoms with van der Waals surface area (Å²) in [7, 11) is 0. The van der Waals surface area contributed by atoms with Crippen LogP contribution in [0.3, 0.4) is 0 Å². The lowest BCUT2D eigenvalue weighted by atomic mass is 9.99. The van der Waals surface area contributed by atoms with Gasteiger partial charge in [-0.25, -0.2) is 13.2 Å². The fourth-order valence-corrected chi connectivity index (χ4v) is 2.41. The van der Waals surface area contributed by atoms with Crippen LogP contribution in [0.5, 0.6) is 0 Å². The van der Waals surface area contributed by atoms with Crippen molar-refractivity contribution in [2.24, 2.45) is 0 Å². The van der Waals surface area contributed by atoms with Crippen LogP contribution in [0.2, 0.25) is 0 Å². The molecule has 1 aromatic carbocycles. The van der Waals surface area contributed by atoms with Crippen LogP contribution in [0.25, 0.3) is 0 Å². The van der Waals surface area contributed by atoms with Gasteiger partial charge in [-0.3, -0.25) is 10.1 Å². The number of alkyl halides is 2. The van der Waals surface area contributed by atoms with Crippen LogP contribution in [0, 0.1) is 5.82 Å². The van der Waals surface area contributed by atoms with E-state index in [0.29, 0.717) is 12.0 Å². The molecule has 3 nitrogen and oxygen atoms in total. The Morgan fingerprint density at radius 2 is 2.15 bits per heavy atom. The topological polar surface area (TPSA) is 32.3 Å². The van der Waals surface area contributed by atoms with Crippen LogP contribution >= 0.6 is 0 Å². The summed E-state index contributed by atoms with van der Waals surface area (Å²) in [4.78, 5) is 13.4. The predicted molar refractivity (Wildman–Crippen MR) is 68.7 cm³/mol. The number of nitrogens with one attached hydrogen (secondary N) is 1. The molecule has 1 saturated heterocycles. The van der Waals surface area contributed by atoms with Crippen molar-refractivity contribution in [3.05, 3.63) is 35.6 Å². The summed E-state index contributed by atoms with van der Waals surface area (Å²) in [6, 6.07) is 5.65. The van der Waals surface area contributed by atoms with Gasteiger partial charge < -0.3 is 4.90 Å². The molecule has 0 radical (unpaired) electrons. The Morgan fingerprint density at radius 1 is 1.45 bits per heavy atom. The predicted octanol–water partition coefficient (Wildman–Crippen LogP) is 2.69. The molecule has 0 aromatic heterocycles. The molecule has 0 saturated carbocycles. The molecule has 0 aliphatic carbocycles. The Balaban J connectivity index is 2.36. The lowest BCUT2D eigenvalue weighted by molar-refractivity contribution is -0.134. The first-order chi connectivity index (χ1) is 9.37. The number of hydrogen-bond acceptors (Lipinski definition) is 2. The van der Waals surface area contributed by atoms with E-state index in [1.165, 1.54) is 18.2 Å². The van der Waals surface area contributed by atoms with Crippen LogP contribution in [0.1, 0.15) is 32.0 Å². The Kier molecular flexibility index (Phi) is 4.04. The van der Waals surface area contributed by atoms with E-state index in [0.717, 1.165) is 4.90 Å². The molecular weight excluding hydrogens is 269 g/mol. The lowest BCUT2D eigenvalue weighted by Gasteiger charge is -2.24. The molecule has 1 fully saturated rings. The normalized spacial score (nSPS) is 26.6. The van der Waals surface area contributed by atoms with Crippen molar-refractivity contribution in [2.45, 2.75) is 38.4 Å². The highest BCUT2D eigenvalue weighted by molar-refractivity contribution is 5.88. The van der Waals surface area contributed by atoms with E-state index in [9.17, 15) is 18.0 Å². The first-order valence-electron chi connectivity index (χ1n) is 6.50. The van der Waals surface area contributed by atoms with Gasteiger partial charge in [0.1, 0.15) is 12.0 Å². The van der Waals surface area contributed by atoms with Gasteiger partial charge in [-0.05, 0) is 31.0 Å². The van der Waals surface area contributed by atoms with Gasteiger partial charge in [-0.15, -0.1) is 0 Å². The molecule has 2 atom stereocenters. The van der Waals surface area contributed by atoms with Crippen molar-refractivity contribution in [1.82, 2.24) is 10.2 Å². The number of rotatable bonds is 4. The second-order valence-corrected chi connectivity index (χ2v) is 5.14. The summed E-state index contributed by atoms with van der Waals surface area (Å²) < 4.78 is 38.7. The van der Waals surface area contributed by atoms with Crippen molar-refractivity contribution in [3.63, 3.8) is 0 Å². The Bertz CT molecular complexity index is 509. The molecule has 1 aliphatic rings. The zero-order valence-corrected chi connectivity index (χ0v) is 11.4. The van der Waals surface area contributed by atoms with E-state index in [1.807, 2.05) is 0 Å². The molecule has 1 N–H and O–H groups in total. The minimum Gasteiger partial charge on any atom is -0.316 e. The monoisotopic (exact) mass is 286 g/mol. The zero-order valence-electron chi connectivity index (χ0n) is 11.4. The highest BCUT2D eigenvalue weighted by Crippen LogP contribution is 2.33. The zero-order chi connectivity index (χ0) is 14.9. The third-order valence-corrected chi connectivity index (χ3v) is 3.71. The van der Waals surface area contributed by atoms with Crippen molar-refractivity contribution in [1.29, 1.82) is 0 Å². The summed E-state index contributed by atoms with van der Waals surface area (Å²) in [5, 5.41) is 3.04. The summed E-state index contributed by atoms with van der Waals surface area (Å²) in [6.07, 6.45) is -2.88. The molecule has 1 amide bonds. The molecule has 1 aliphatic heterocycles. The fourth-order valence-electron chi connectivity index (χ4n) is 2.41. The SMILES string of the molecule is CCC1(C)NC(c2cccc(F)c2)N(CC(F)F)C1=O. The number of carbonyl (C=O) groups is 1. The molecule has 0 spiro atoms. The molecule has 1 heterocycles. The van der Waals surface area contributed by atoms with Gasteiger partial charge >= 0.3 is 0 Å². The second-order valence-electron chi connectivity index (χ2n) is 5.14. The van der Waals surface area contributed by atoms with Crippen LogP contribution in [-0.2, 0) is 4.79 Å². The minimum atomic E-state index is -2.63. The van der Waals surface area contributed by atoms with E-state index in [4.69, 9.17) is 0 Å². The van der Waals surface area contributed by atoms with Gasteiger partial charge in [-0.1, -0.05) is 19.1 Å². The van der Waals surface area contributed by atoms with Gasteiger partial charge in [0.25, 0.3) is 6.43 Å². The molecule has 2 rings (SSSR count). The highest BCUT2D eigenvalue weighted by Gasteiger charge is 2.47. The second kappa shape index (κ2) is 5.44. The van der Waals surface area contributed by atoms with E-state index < -0.39 is 30.5 Å². The fraction of sp³-hybridized carbons (Fsp3) is 0.500. The van der Waals surface area contributed by atoms with Crippen LogP contribution in [0.4, 0.5) is 13.2 Å². The van der Waals surface area contributed by atoms with Gasteiger partial charge in [0, 0.05) is 0 Å². The third kappa shape index (κ3) is 2.65. The first kappa shape index (κ1) is 14.8.